The van der Waals surface area contributed by atoms with Gasteiger partial charge in [0, 0.05) is 33.2 Å². The Bertz CT molecular complexity index is 327. The van der Waals surface area contributed by atoms with Gasteiger partial charge in [-0.25, -0.2) is 0 Å². The first kappa shape index (κ1) is 7.78. The fourth-order valence-electron chi connectivity index (χ4n) is 1.25. The van der Waals surface area contributed by atoms with E-state index < -0.39 is 0 Å². The van der Waals surface area contributed by atoms with Crippen LogP contribution in [0.5, 0.6) is 0 Å². The molecule has 3 heterocycles. The highest BCUT2D eigenvalue weighted by atomic mass is 15.4. The number of hydrogen-bond donors (Lipinski definition) is 1. The standard InChI is InChI=1S/C8H12N6/c1-9-6-10-7(13-2-3-13)12-8(11-6)14-4-5-14/h2-5H2,1H3,(H,9,10,11,12). The van der Waals surface area contributed by atoms with E-state index in [1.54, 1.807) is 0 Å². The zero-order valence-corrected chi connectivity index (χ0v) is 8.06. The van der Waals surface area contributed by atoms with E-state index in [0.29, 0.717) is 5.95 Å². The van der Waals surface area contributed by atoms with E-state index in [4.69, 9.17) is 0 Å². The van der Waals surface area contributed by atoms with Crippen molar-refractivity contribution >= 4 is 17.8 Å². The summed E-state index contributed by atoms with van der Waals surface area (Å²) in [5, 5.41) is 2.96. The molecule has 2 fully saturated rings. The van der Waals surface area contributed by atoms with E-state index in [1.807, 2.05) is 7.05 Å². The van der Waals surface area contributed by atoms with Crippen molar-refractivity contribution in [2.45, 2.75) is 0 Å². The molecule has 3 rings (SSSR count). The number of hydrogen-bond acceptors (Lipinski definition) is 6. The van der Waals surface area contributed by atoms with Crippen molar-refractivity contribution < 1.29 is 0 Å². The Labute approximate surface area is 82.0 Å². The van der Waals surface area contributed by atoms with Gasteiger partial charge in [-0.3, -0.25) is 0 Å². The maximum Gasteiger partial charge on any atom is 0.232 e. The van der Waals surface area contributed by atoms with E-state index in [2.05, 4.69) is 30.1 Å². The zero-order chi connectivity index (χ0) is 9.54. The van der Waals surface area contributed by atoms with Crippen LogP contribution in [0.1, 0.15) is 0 Å². The number of nitrogens with one attached hydrogen (secondary N) is 1. The van der Waals surface area contributed by atoms with Gasteiger partial charge in [-0.15, -0.1) is 0 Å². The molecule has 1 N–H and O–H groups in total. The second kappa shape index (κ2) is 2.70. The van der Waals surface area contributed by atoms with E-state index >= 15 is 0 Å². The average Bonchev–Trinajstić information content (AvgIpc) is 3.07. The molecule has 14 heavy (non-hydrogen) atoms. The van der Waals surface area contributed by atoms with Gasteiger partial charge >= 0.3 is 0 Å². The molecule has 6 heteroatoms. The fourth-order valence-corrected chi connectivity index (χ4v) is 1.25. The van der Waals surface area contributed by atoms with Gasteiger partial charge < -0.3 is 15.1 Å². The molecule has 2 saturated heterocycles. The van der Waals surface area contributed by atoms with Gasteiger partial charge in [0.2, 0.25) is 17.8 Å². The molecule has 1 aromatic heterocycles. The van der Waals surface area contributed by atoms with Crippen LogP contribution in [-0.2, 0) is 0 Å². The molecule has 0 aromatic carbocycles. The molecule has 6 nitrogen and oxygen atoms in total. The predicted octanol–water partition coefficient (Wildman–Crippen LogP) is -0.447. The molecular weight excluding hydrogens is 180 g/mol. The maximum atomic E-state index is 4.39. The number of nitrogens with zero attached hydrogens (tertiary/aromatic N) is 5. The summed E-state index contributed by atoms with van der Waals surface area (Å²) in [6.45, 7) is 4.25. The summed E-state index contributed by atoms with van der Waals surface area (Å²) in [6.07, 6.45) is 0. The molecule has 1 aromatic rings. The summed E-state index contributed by atoms with van der Waals surface area (Å²) in [5.41, 5.74) is 0. The van der Waals surface area contributed by atoms with Crippen LogP contribution in [0.3, 0.4) is 0 Å². The van der Waals surface area contributed by atoms with E-state index in [0.717, 1.165) is 38.1 Å². The van der Waals surface area contributed by atoms with Gasteiger partial charge in [-0.05, 0) is 0 Å². The first-order valence-corrected chi connectivity index (χ1v) is 4.80. The molecule has 0 radical (unpaired) electrons. The van der Waals surface area contributed by atoms with Gasteiger partial charge in [0.15, 0.2) is 0 Å². The van der Waals surface area contributed by atoms with E-state index in [-0.39, 0.29) is 0 Å². The Morgan fingerprint density at radius 2 is 1.43 bits per heavy atom. The Balaban J connectivity index is 1.97. The number of aromatic nitrogens is 3. The summed E-state index contributed by atoms with van der Waals surface area (Å²) >= 11 is 0. The summed E-state index contributed by atoms with van der Waals surface area (Å²) < 4.78 is 0. The molecule has 0 aliphatic carbocycles. The van der Waals surface area contributed by atoms with Gasteiger partial charge in [0.1, 0.15) is 0 Å². The Morgan fingerprint density at radius 3 is 1.79 bits per heavy atom. The van der Waals surface area contributed by atoms with Crippen LogP contribution < -0.4 is 15.1 Å². The third-order valence-electron chi connectivity index (χ3n) is 2.30. The van der Waals surface area contributed by atoms with Gasteiger partial charge in [-0.2, -0.15) is 15.0 Å². The molecular formula is C8H12N6. The van der Waals surface area contributed by atoms with Crippen LogP contribution in [-0.4, -0.2) is 48.2 Å². The van der Waals surface area contributed by atoms with Crippen LogP contribution >= 0.6 is 0 Å². The lowest BCUT2D eigenvalue weighted by Crippen LogP contribution is -2.08. The van der Waals surface area contributed by atoms with Crippen molar-refractivity contribution in [1.29, 1.82) is 0 Å². The van der Waals surface area contributed by atoms with Crippen molar-refractivity contribution in [3.63, 3.8) is 0 Å². The van der Waals surface area contributed by atoms with Crippen molar-refractivity contribution in [1.82, 2.24) is 15.0 Å². The van der Waals surface area contributed by atoms with E-state index in [9.17, 15) is 0 Å². The van der Waals surface area contributed by atoms with Crippen LogP contribution in [0, 0.1) is 0 Å². The van der Waals surface area contributed by atoms with Crippen molar-refractivity contribution in [2.24, 2.45) is 0 Å². The number of rotatable bonds is 3. The first-order valence-electron chi connectivity index (χ1n) is 4.80. The maximum absolute atomic E-state index is 4.39. The highest BCUT2D eigenvalue weighted by Gasteiger charge is 2.26. The van der Waals surface area contributed by atoms with Crippen molar-refractivity contribution in [3.05, 3.63) is 0 Å². The zero-order valence-electron chi connectivity index (χ0n) is 8.06. The lowest BCUT2D eigenvalue weighted by molar-refractivity contribution is 1.00. The van der Waals surface area contributed by atoms with Crippen LogP contribution in [0.4, 0.5) is 17.8 Å². The molecule has 0 amide bonds. The molecule has 0 atom stereocenters. The minimum absolute atomic E-state index is 0.656. The first-order chi connectivity index (χ1) is 6.86. The van der Waals surface area contributed by atoms with Crippen LogP contribution in [0.25, 0.3) is 0 Å². The van der Waals surface area contributed by atoms with Gasteiger partial charge in [-0.1, -0.05) is 0 Å². The topological polar surface area (TPSA) is 56.7 Å². The Kier molecular flexibility index (Phi) is 1.50. The highest BCUT2D eigenvalue weighted by Crippen LogP contribution is 2.23. The molecule has 0 saturated carbocycles. The molecule has 0 unspecified atom stereocenters. The van der Waals surface area contributed by atoms with Crippen LogP contribution in [0.2, 0.25) is 0 Å². The summed E-state index contributed by atoms with van der Waals surface area (Å²) in [6, 6.07) is 0. The minimum Gasteiger partial charge on any atom is -0.357 e. The minimum atomic E-state index is 0.656. The normalized spacial score (nSPS) is 18.4. The molecule has 2 aliphatic heterocycles. The Hall–Kier alpha value is -1.59. The molecule has 74 valence electrons. The lowest BCUT2D eigenvalue weighted by Gasteiger charge is -2.07. The molecule has 0 bridgehead atoms. The third-order valence-corrected chi connectivity index (χ3v) is 2.30. The van der Waals surface area contributed by atoms with Gasteiger partial charge in [0.25, 0.3) is 0 Å². The molecule has 2 aliphatic rings. The van der Waals surface area contributed by atoms with Crippen molar-refractivity contribution in [3.8, 4) is 0 Å². The Morgan fingerprint density at radius 1 is 0.929 bits per heavy atom. The van der Waals surface area contributed by atoms with E-state index in [1.165, 1.54) is 0 Å². The SMILES string of the molecule is CNc1nc(N2CC2)nc(N2CC2)n1. The number of anilines is 3. The summed E-state index contributed by atoms with van der Waals surface area (Å²) in [5.74, 6) is 2.25. The summed E-state index contributed by atoms with van der Waals surface area (Å²) in [7, 11) is 1.83. The second-order valence-corrected chi connectivity index (χ2v) is 3.48. The second-order valence-electron chi connectivity index (χ2n) is 3.48. The third kappa shape index (κ3) is 1.32. The average molecular weight is 192 g/mol. The van der Waals surface area contributed by atoms with Gasteiger partial charge in [0.05, 0.1) is 0 Å². The highest BCUT2D eigenvalue weighted by molar-refractivity contribution is 5.50. The monoisotopic (exact) mass is 192 g/mol. The quantitative estimate of drug-likeness (QED) is 0.655. The lowest BCUT2D eigenvalue weighted by atomic mass is 10.8. The summed E-state index contributed by atoms with van der Waals surface area (Å²) in [4.78, 5) is 17.2. The largest absolute Gasteiger partial charge is 0.357 e. The van der Waals surface area contributed by atoms with Crippen molar-refractivity contribution in [2.75, 3.05) is 48.3 Å². The smallest absolute Gasteiger partial charge is 0.232 e. The van der Waals surface area contributed by atoms with Crippen LogP contribution in [0.15, 0.2) is 0 Å². The molecule has 0 spiro atoms. The fraction of sp³-hybridized carbons (Fsp3) is 0.625. The predicted molar refractivity (Wildman–Crippen MR) is 53.8 cm³/mol.